The summed E-state index contributed by atoms with van der Waals surface area (Å²) in [6, 6.07) is 11.8. The molecule has 1 fully saturated rings. The highest BCUT2D eigenvalue weighted by Gasteiger charge is 2.13. The van der Waals surface area contributed by atoms with E-state index in [1.54, 1.807) is 16.9 Å². The number of benzene rings is 1. The second kappa shape index (κ2) is 10.7. The average molecular weight is 449 g/mol. The molecule has 2 amide bonds. The van der Waals surface area contributed by atoms with E-state index in [9.17, 15) is 9.59 Å². The summed E-state index contributed by atoms with van der Waals surface area (Å²) in [5, 5.41) is 18.8. The van der Waals surface area contributed by atoms with Gasteiger partial charge in [0.25, 0.3) is 5.91 Å². The van der Waals surface area contributed by atoms with Crippen molar-refractivity contribution in [3.63, 3.8) is 0 Å². The number of carbonyl (C=O) groups excluding carboxylic acids is 2. The molecule has 0 bridgehead atoms. The molecule has 1 aliphatic rings. The summed E-state index contributed by atoms with van der Waals surface area (Å²) in [5.74, 6) is -0.251. The van der Waals surface area contributed by atoms with Crippen molar-refractivity contribution in [3.05, 3.63) is 59.5 Å². The second-order valence-corrected chi connectivity index (χ2v) is 8.19. The van der Waals surface area contributed by atoms with E-state index in [4.69, 9.17) is 5.73 Å². The van der Waals surface area contributed by atoms with E-state index in [2.05, 4.69) is 42.9 Å². The molecule has 0 aliphatic carbocycles. The van der Waals surface area contributed by atoms with Gasteiger partial charge in [-0.25, -0.2) is 0 Å². The first-order chi connectivity index (χ1) is 16.1. The first kappa shape index (κ1) is 22.4. The lowest BCUT2D eigenvalue weighted by atomic mass is 10.1. The maximum atomic E-state index is 12.5. The maximum absolute atomic E-state index is 12.5. The standard InChI is InChI=1S/C23H28N8O2/c24-23(33)20-16-31(29-27-20)13-2-1-7-18-9-10-21(28-26-18)25-22(32)15-17-6-5-8-19(14-17)30-11-3-4-12-30/h5-6,8-10,14,16H,1-4,7,11-13,15H2,(H2,24,33)(H,25,28,32). The van der Waals surface area contributed by atoms with E-state index < -0.39 is 5.91 Å². The highest BCUT2D eigenvalue weighted by atomic mass is 16.2. The van der Waals surface area contributed by atoms with Crippen LogP contribution < -0.4 is 16.0 Å². The van der Waals surface area contributed by atoms with Crippen LogP contribution in [0.25, 0.3) is 0 Å². The van der Waals surface area contributed by atoms with Gasteiger partial charge in [-0.3, -0.25) is 14.3 Å². The van der Waals surface area contributed by atoms with Gasteiger partial charge in [-0.05, 0) is 61.9 Å². The third-order valence-electron chi connectivity index (χ3n) is 5.59. The van der Waals surface area contributed by atoms with Crippen LogP contribution in [0.15, 0.2) is 42.6 Å². The summed E-state index contributed by atoms with van der Waals surface area (Å²) in [6.45, 7) is 2.79. The maximum Gasteiger partial charge on any atom is 0.270 e. The van der Waals surface area contributed by atoms with Gasteiger partial charge in [0.2, 0.25) is 5.91 Å². The number of aryl methyl sites for hydroxylation is 2. The summed E-state index contributed by atoms with van der Waals surface area (Å²) >= 11 is 0. The van der Waals surface area contributed by atoms with Crippen LogP contribution in [-0.2, 0) is 24.2 Å². The average Bonchev–Trinajstić information content (AvgIpc) is 3.51. The van der Waals surface area contributed by atoms with Gasteiger partial charge in [-0.2, -0.15) is 5.10 Å². The summed E-state index contributed by atoms with van der Waals surface area (Å²) < 4.78 is 1.60. The number of aromatic nitrogens is 5. The Morgan fingerprint density at radius 1 is 1.03 bits per heavy atom. The van der Waals surface area contributed by atoms with Crippen LogP contribution in [0.5, 0.6) is 0 Å². The largest absolute Gasteiger partial charge is 0.372 e. The van der Waals surface area contributed by atoms with Crippen molar-refractivity contribution < 1.29 is 9.59 Å². The molecule has 3 aromatic rings. The highest BCUT2D eigenvalue weighted by molar-refractivity contribution is 5.91. The molecule has 2 aromatic heterocycles. The minimum atomic E-state index is -0.584. The lowest BCUT2D eigenvalue weighted by molar-refractivity contribution is -0.115. The number of rotatable bonds is 10. The molecule has 1 saturated heterocycles. The minimum Gasteiger partial charge on any atom is -0.372 e. The molecule has 10 nitrogen and oxygen atoms in total. The number of nitrogens with zero attached hydrogens (tertiary/aromatic N) is 6. The van der Waals surface area contributed by atoms with Crippen LogP contribution in [0, 0.1) is 0 Å². The normalized spacial score (nSPS) is 13.3. The van der Waals surface area contributed by atoms with Crippen LogP contribution in [0.4, 0.5) is 11.5 Å². The van der Waals surface area contributed by atoms with Crippen LogP contribution in [0.3, 0.4) is 0 Å². The third-order valence-corrected chi connectivity index (χ3v) is 5.59. The SMILES string of the molecule is NC(=O)c1cn(CCCCc2ccc(NC(=O)Cc3cccc(N4CCCC4)c3)nn2)nn1. The van der Waals surface area contributed by atoms with Crippen LogP contribution in [0.1, 0.15) is 47.4 Å². The number of unbranched alkanes of at least 4 members (excludes halogenated alkanes) is 1. The van der Waals surface area contributed by atoms with E-state index in [0.29, 0.717) is 18.8 Å². The number of primary amides is 1. The Hall–Kier alpha value is -3.82. The second-order valence-electron chi connectivity index (χ2n) is 8.19. The molecule has 0 atom stereocenters. The number of anilines is 2. The minimum absolute atomic E-state index is 0.112. The van der Waals surface area contributed by atoms with Gasteiger partial charge in [0, 0.05) is 25.3 Å². The Kier molecular flexibility index (Phi) is 7.23. The van der Waals surface area contributed by atoms with Gasteiger partial charge in [0.15, 0.2) is 11.5 Å². The van der Waals surface area contributed by atoms with Gasteiger partial charge >= 0.3 is 0 Å². The van der Waals surface area contributed by atoms with E-state index >= 15 is 0 Å². The molecule has 172 valence electrons. The monoisotopic (exact) mass is 448 g/mol. The molecular formula is C23H28N8O2. The quantitative estimate of drug-likeness (QED) is 0.453. The van der Waals surface area contributed by atoms with E-state index in [1.165, 1.54) is 18.5 Å². The van der Waals surface area contributed by atoms with Gasteiger partial charge in [0.05, 0.1) is 18.3 Å². The lowest BCUT2D eigenvalue weighted by Crippen LogP contribution is -2.19. The highest BCUT2D eigenvalue weighted by Crippen LogP contribution is 2.21. The van der Waals surface area contributed by atoms with Gasteiger partial charge in [-0.15, -0.1) is 10.2 Å². The molecule has 1 aromatic carbocycles. The van der Waals surface area contributed by atoms with Crippen molar-refractivity contribution in [2.75, 3.05) is 23.3 Å². The molecular weight excluding hydrogens is 420 g/mol. The van der Waals surface area contributed by atoms with E-state index in [-0.39, 0.29) is 11.6 Å². The number of hydrogen-bond acceptors (Lipinski definition) is 7. The van der Waals surface area contributed by atoms with Gasteiger partial charge < -0.3 is 16.0 Å². The molecule has 4 rings (SSSR count). The predicted molar refractivity (Wildman–Crippen MR) is 124 cm³/mol. The Balaban J connectivity index is 1.20. The Bertz CT molecular complexity index is 1090. The van der Waals surface area contributed by atoms with Gasteiger partial charge in [0.1, 0.15) is 0 Å². The molecule has 3 heterocycles. The van der Waals surface area contributed by atoms with Crippen LogP contribution in [-0.4, -0.2) is 50.1 Å². The van der Waals surface area contributed by atoms with Crippen molar-refractivity contribution in [1.29, 1.82) is 0 Å². The number of nitrogens with one attached hydrogen (secondary N) is 1. The fourth-order valence-electron chi connectivity index (χ4n) is 3.87. The Morgan fingerprint density at radius 2 is 1.88 bits per heavy atom. The predicted octanol–water partition coefficient (Wildman–Crippen LogP) is 1.97. The molecule has 10 heteroatoms. The number of carbonyl (C=O) groups is 2. The summed E-state index contributed by atoms with van der Waals surface area (Å²) in [6.07, 6.45) is 6.75. The zero-order valence-electron chi connectivity index (χ0n) is 18.5. The lowest BCUT2D eigenvalue weighted by Gasteiger charge is -2.18. The molecule has 33 heavy (non-hydrogen) atoms. The van der Waals surface area contributed by atoms with E-state index in [0.717, 1.165) is 43.6 Å². The third kappa shape index (κ3) is 6.34. The zero-order valence-corrected chi connectivity index (χ0v) is 18.5. The van der Waals surface area contributed by atoms with E-state index in [1.807, 2.05) is 18.2 Å². The summed E-state index contributed by atoms with van der Waals surface area (Å²) in [4.78, 5) is 25.9. The number of hydrogen-bond donors (Lipinski definition) is 2. The van der Waals surface area contributed by atoms with Crippen LogP contribution in [0.2, 0.25) is 0 Å². The first-order valence-electron chi connectivity index (χ1n) is 11.2. The first-order valence-corrected chi connectivity index (χ1v) is 11.2. The molecule has 0 saturated carbocycles. The van der Waals surface area contributed by atoms with Crippen molar-refractivity contribution >= 4 is 23.3 Å². The van der Waals surface area contributed by atoms with Crippen LogP contribution >= 0.6 is 0 Å². The van der Waals surface area contributed by atoms with Crippen molar-refractivity contribution in [1.82, 2.24) is 25.2 Å². The number of amides is 2. The Morgan fingerprint density at radius 3 is 2.61 bits per heavy atom. The summed E-state index contributed by atoms with van der Waals surface area (Å²) in [7, 11) is 0. The molecule has 1 aliphatic heterocycles. The topological polar surface area (TPSA) is 132 Å². The molecule has 0 unspecified atom stereocenters. The Labute approximate surface area is 192 Å². The fourth-order valence-corrected chi connectivity index (χ4v) is 3.87. The van der Waals surface area contributed by atoms with Crippen molar-refractivity contribution in [2.45, 2.75) is 45.1 Å². The zero-order chi connectivity index (χ0) is 23.0. The molecule has 0 spiro atoms. The molecule has 3 N–H and O–H groups in total. The smallest absolute Gasteiger partial charge is 0.270 e. The molecule has 0 radical (unpaired) electrons. The fraction of sp³-hybridized carbons (Fsp3) is 0.391. The summed E-state index contributed by atoms with van der Waals surface area (Å²) in [5.41, 5.74) is 8.35. The van der Waals surface area contributed by atoms with Gasteiger partial charge in [-0.1, -0.05) is 17.3 Å². The number of nitrogens with two attached hydrogens (primary N) is 1. The van der Waals surface area contributed by atoms with Crippen molar-refractivity contribution in [2.24, 2.45) is 5.73 Å². The van der Waals surface area contributed by atoms with Crippen molar-refractivity contribution in [3.8, 4) is 0 Å².